The van der Waals surface area contributed by atoms with E-state index in [4.69, 9.17) is 25.5 Å². The van der Waals surface area contributed by atoms with E-state index < -0.39 is 23.5 Å². The lowest BCUT2D eigenvalue weighted by molar-refractivity contribution is -0.132. The second-order valence-corrected chi connectivity index (χ2v) is 8.79. The number of amides is 1. The third kappa shape index (κ3) is 3.59. The van der Waals surface area contributed by atoms with E-state index >= 15 is 0 Å². The zero-order valence-corrected chi connectivity index (χ0v) is 20.6. The summed E-state index contributed by atoms with van der Waals surface area (Å²) in [7, 11) is 2.85. The number of aromatic amines is 1. The van der Waals surface area contributed by atoms with E-state index in [1.165, 1.54) is 37.5 Å². The Bertz CT molecular complexity index is 1510. The summed E-state index contributed by atoms with van der Waals surface area (Å²) in [5.74, 6) is -1.31. The first-order valence-electron chi connectivity index (χ1n) is 11.0. The normalized spacial score (nSPS) is 17.2. The molecule has 0 radical (unpaired) electrons. The largest absolute Gasteiger partial charge is 0.507 e. The van der Waals surface area contributed by atoms with Crippen LogP contribution in [0.1, 0.15) is 28.5 Å². The minimum Gasteiger partial charge on any atom is -0.507 e. The van der Waals surface area contributed by atoms with E-state index in [1.807, 2.05) is 26.0 Å². The Balaban J connectivity index is 1.73. The van der Waals surface area contributed by atoms with Crippen molar-refractivity contribution in [2.45, 2.75) is 19.9 Å². The van der Waals surface area contributed by atoms with Crippen LogP contribution in [0, 0.1) is 13.8 Å². The van der Waals surface area contributed by atoms with Crippen molar-refractivity contribution in [3.8, 4) is 11.5 Å². The van der Waals surface area contributed by atoms with Crippen LogP contribution in [0.25, 0.3) is 16.8 Å². The van der Waals surface area contributed by atoms with Crippen molar-refractivity contribution in [2.24, 2.45) is 0 Å². The number of rotatable bonds is 5. The van der Waals surface area contributed by atoms with Gasteiger partial charge in [-0.3, -0.25) is 14.5 Å². The van der Waals surface area contributed by atoms with Gasteiger partial charge in [0.2, 0.25) is 5.95 Å². The molecule has 10 heteroatoms. The second-order valence-electron chi connectivity index (χ2n) is 8.39. The lowest BCUT2D eigenvalue weighted by Crippen LogP contribution is -2.30. The number of aromatic nitrogens is 2. The monoisotopic (exact) mass is 507 g/mol. The zero-order valence-electron chi connectivity index (χ0n) is 19.9. The first-order valence-corrected chi connectivity index (χ1v) is 11.4. The van der Waals surface area contributed by atoms with Gasteiger partial charge in [0.25, 0.3) is 5.78 Å². The van der Waals surface area contributed by atoms with Crippen molar-refractivity contribution in [3.05, 3.63) is 75.7 Å². The van der Waals surface area contributed by atoms with E-state index in [9.17, 15) is 14.7 Å². The smallest absolute Gasteiger partial charge is 0.302 e. The van der Waals surface area contributed by atoms with Gasteiger partial charge in [0.1, 0.15) is 29.1 Å². The van der Waals surface area contributed by atoms with Crippen LogP contribution in [0.2, 0.25) is 5.02 Å². The highest BCUT2D eigenvalue weighted by Gasteiger charge is 2.49. The number of aryl methyl sites for hydroxylation is 2. The molecular formula is C26H22ClN3O6. The van der Waals surface area contributed by atoms with E-state index in [0.29, 0.717) is 16.8 Å². The minimum atomic E-state index is -1.09. The van der Waals surface area contributed by atoms with Gasteiger partial charge in [-0.15, -0.1) is 0 Å². The Morgan fingerprint density at radius 1 is 1.11 bits per heavy atom. The molecule has 0 saturated carbocycles. The molecule has 1 fully saturated rings. The van der Waals surface area contributed by atoms with Crippen molar-refractivity contribution in [2.75, 3.05) is 19.1 Å². The third-order valence-electron chi connectivity index (χ3n) is 6.30. The molecule has 1 amide bonds. The SMILES string of the molecule is COc1cc(OC)c(/C(O)=C2\C(=O)C(=O)N(c3nc4cc(C)c(C)cc4[nH]3)C2c2ccco2)cc1Cl. The summed E-state index contributed by atoms with van der Waals surface area (Å²) >= 11 is 6.30. The Kier molecular flexibility index (Phi) is 5.72. The van der Waals surface area contributed by atoms with Crippen molar-refractivity contribution in [3.63, 3.8) is 0 Å². The second kappa shape index (κ2) is 8.76. The molecule has 1 aliphatic heterocycles. The third-order valence-corrected chi connectivity index (χ3v) is 6.59. The number of H-pyrrole nitrogens is 1. The number of nitrogens with zero attached hydrogens (tertiary/aromatic N) is 2. The molecule has 0 aliphatic carbocycles. The van der Waals surface area contributed by atoms with E-state index in [1.54, 1.807) is 12.1 Å². The van der Waals surface area contributed by atoms with Gasteiger partial charge in [-0.25, -0.2) is 4.98 Å². The molecule has 2 N–H and O–H groups in total. The first-order chi connectivity index (χ1) is 17.2. The standard InChI is InChI=1S/C26H22ClN3O6/c1-12-8-16-17(9-13(12)2)29-26(28-16)30-22(18-6-5-7-36-18)21(24(32)25(30)33)23(31)14-10-15(27)20(35-4)11-19(14)34-3/h5-11,22,31H,1-4H3,(H,28,29)/b23-21+. The van der Waals surface area contributed by atoms with Gasteiger partial charge < -0.3 is 24.0 Å². The van der Waals surface area contributed by atoms with Crippen molar-refractivity contribution < 1.29 is 28.6 Å². The van der Waals surface area contributed by atoms with E-state index in [-0.39, 0.29) is 33.6 Å². The molecule has 2 aromatic heterocycles. The van der Waals surface area contributed by atoms with Crippen LogP contribution in [-0.4, -0.2) is 41.0 Å². The summed E-state index contributed by atoms with van der Waals surface area (Å²) in [4.78, 5) is 35.6. The zero-order chi connectivity index (χ0) is 25.7. The van der Waals surface area contributed by atoms with E-state index in [2.05, 4.69) is 9.97 Å². The number of halogens is 1. The lowest BCUT2D eigenvalue weighted by Gasteiger charge is -2.21. The molecule has 4 aromatic rings. The number of aliphatic hydroxyl groups excluding tert-OH is 1. The lowest BCUT2D eigenvalue weighted by atomic mass is 9.98. The summed E-state index contributed by atoms with van der Waals surface area (Å²) in [6, 6.07) is 8.87. The van der Waals surface area contributed by atoms with Crippen LogP contribution < -0.4 is 14.4 Å². The fraction of sp³-hybridized carbons (Fsp3) is 0.192. The maximum Gasteiger partial charge on any atom is 0.302 e. The number of carbonyl (C=O) groups excluding carboxylic acids is 2. The minimum absolute atomic E-state index is 0.119. The number of methoxy groups -OCH3 is 2. The summed E-state index contributed by atoms with van der Waals surface area (Å²) in [6.07, 6.45) is 1.42. The average molecular weight is 508 g/mol. The highest BCUT2D eigenvalue weighted by molar-refractivity contribution is 6.51. The Labute approximate surface area is 210 Å². The van der Waals surface area contributed by atoms with Gasteiger partial charge in [0.05, 0.1) is 47.7 Å². The number of ketones is 1. The van der Waals surface area contributed by atoms with Gasteiger partial charge >= 0.3 is 5.91 Å². The van der Waals surface area contributed by atoms with E-state index in [0.717, 1.165) is 11.1 Å². The van der Waals surface area contributed by atoms with Crippen molar-refractivity contribution in [1.29, 1.82) is 0 Å². The molecule has 9 nitrogen and oxygen atoms in total. The Morgan fingerprint density at radius 2 is 1.83 bits per heavy atom. The van der Waals surface area contributed by atoms with Crippen LogP contribution in [0.4, 0.5) is 5.95 Å². The predicted octanol–water partition coefficient (Wildman–Crippen LogP) is 5.07. The maximum absolute atomic E-state index is 13.3. The Morgan fingerprint density at radius 3 is 2.50 bits per heavy atom. The molecule has 1 atom stereocenters. The molecule has 36 heavy (non-hydrogen) atoms. The molecule has 0 spiro atoms. The van der Waals surface area contributed by atoms with Gasteiger partial charge in [-0.1, -0.05) is 11.6 Å². The van der Waals surface area contributed by atoms with Crippen LogP contribution in [-0.2, 0) is 9.59 Å². The van der Waals surface area contributed by atoms with Crippen LogP contribution in [0.15, 0.2) is 52.7 Å². The summed E-state index contributed by atoms with van der Waals surface area (Å²) in [6.45, 7) is 3.93. The van der Waals surface area contributed by atoms with Crippen molar-refractivity contribution in [1.82, 2.24) is 9.97 Å². The number of anilines is 1. The molecule has 1 unspecified atom stereocenters. The number of carbonyl (C=O) groups is 2. The number of fused-ring (bicyclic) bond motifs is 1. The molecular weight excluding hydrogens is 486 g/mol. The molecule has 1 saturated heterocycles. The quantitative estimate of drug-likeness (QED) is 0.220. The number of imidazole rings is 1. The molecule has 3 heterocycles. The number of benzene rings is 2. The van der Waals surface area contributed by atoms with Gasteiger partial charge in [-0.05, 0) is 55.3 Å². The highest BCUT2D eigenvalue weighted by atomic mass is 35.5. The van der Waals surface area contributed by atoms with Gasteiger partial charge in [0, 0.05) is 6.07 Å². The summed E-state index contributed by atoms with van der Waals surface area (Å²) in [5.41, 5.74) is 3.35. The number of hydrogen-bond donors (Lipinski definition) is 2. The summed E-state index contributed by atoms with van der Waals surface area (Å²) < 4.78 is 16.2. The number of aliphatic hydroxyl groups is 1. The number of furan rings is 1. The molecule has 0 bridgehead atoms. The Hall–Kier alpha value is -4.24. The predicted molar refractivity (Wildman–Crippen MR) is 134 cm³/mol. The number of ether oxygens (including phenoxy) is 2. The molecule has 1 aliphatic rings. The van der Waals surface area contributed by atoms with Crippen molar-refractivity contribution >= 4 is 46.0 Å². The molecule has 2 aromatic carbocycles. The molecule has 184 valence electrons. The van der Waals surface area contributed by atoms with Gasteiger partial charge in [0.15, 0.2) is 0 Å². The fourth-order valence-corrected chi connectivity index (χ4v) is 4.57. The van der Waals surface area contributed by atoms with Crippen LogP contribution in [0.3, 0.4) is 0 Å². The topological polar surface area (TPSA) is 118 Å². The van der Waals surface area contributed by atoms with Crippen LogP contribution >= 0.6 is 11.6 Å². The molecule has 5 rings (SSSR count). The number of Topliss-reactive ketones (excluding diaryl/α,β-unsaturated/α-hetero) is 1. The van der Waals surface area contributed by atoms with Crippen LogP contribution in [0.5, 0.6) is 11.5 Å². The van der Waals surface area contributed by atoms with Gasteiger partial charge in [-0.2, -0.15) is 0 Å². The highest BCUT2D eigenvalue weighted by Crippen LogP contribution is 2.44. The number of hydrogen-bond acceptors (Lipinski definition) is 7. The fourth-order valence-electron chi connectivity index (χ4n) is 4.33. The average Bonchev–Trinajstić information content (AvgIpc) is 3.58. The first kappa shape index (κ1) is 23.5. The number of nitrogens with one attached hydrogen (secondary N) is 1. The maximum atomic E-state index is 13.3. The summed E-state index contributed by atoms with van der Waals surface area (Å²) in [5, 5.41) is 11.6.